The second kappa shape index (κ2) is 4.16. The molecule has 0 spiro atoms. The van der Waals surface area contributed by atoms with Crippen molar-refractivity contribution in [1.29, 1.82) is 0 Å². The van der Waals surface area contributed by atoms with Gasteiger partial charge < -0.3 is 9.67 Å². The van der Waals surface area contributed by atoms with E-state index in [9.17, 15) is 9.90 Å². The van der Waals surface area contributed by atoms with E-state index >= 15 is 0 Å². The van der Waals surface area contributed by atoms with E-state index in [-0.39, 0.29) is 0 Å². The van der Waals surface area contributed by atoms with Crippen LogP contribution in [0, 0.1) is 12.3 Å². The van der Waals surface area contributed by atoms with Crippen molar-refractivity contribution in [1.82, 2.24) is 4.57 Å². The SMILES string of the molecule is Cc1ccc2c(c1)c(CC(C)(C)C(=O)O)cn2C. The first-order valence-electron chi connectivity index (χ1n) is 6.09. The third-order valence-corrected chi connectivity index (χ3v) is 3.44. The van der Waals surface area contributed by atoms with Crippen molar-refractivity contribution in [2.75, 3.05) is 0 Å². The maximum absolute atomic E-state index is 11.2. The number of rotatable bonds is 3. The Labute approximate surface area is 107 Å². The number of benzene rings is 1. The summed E-state index contributed by atoms with van der Waals surface area (Å²) in [5.41, 5.74) is 2.71. The summed E-state index contributed by atoms with van der Waals surface area (Å²) < 4.78 is 2.06. The van der Waals surface area contributed by atoms with Crippen LogP contribution in [-0.2, 0) is 18.3 Å². The van der Waals surface area contributed by atoms with E-state index in [1.807, 2.05) is 13.2 Å². The van der Waals surface area contributed by atoms with Crippen LogP contribution in [0.3, 0.4) is 0 Å². The zero-order chi connectivity index (χ0) is 13.5. The highest BCUT2D eigenvalue weighted by Gasteiger charge is 2.28. The van der Waals surface area contributed by atoms with Crippen LogP contribution in [0.2, 0.25) is 0 Å². The zero-order valence-electron chi connectivity index (χ0n) is 11.3. The van der Waals surface area contributed by atoms with E-state index in [4.69, 9.17) is 0 Å². The van der Waals surface area contributed by atoms with E-state index in [2.05, 4.69) is 29.7 Å². The highest BCUT2D eigenvalue weighted by molar-refractivity contribution is 5.85. The maximum atomic E-state index is 11.2. The van der Waals surface area contributed by atoms with Gasteiger partial charge >= 0.3 is 5.97 Å². The van der Waals surface area contributed by atoms with Crippen molar-refractivity contribution in [3.8, 4) is 0 Å². The number of nitrogens with zero attached hydrogens (tertiary/aromatic N) is 1. The van der Waals surface area contributed by atoms with Crippen molar-refractivity contribution < 1.29 is 9.90 Å². The Morgan fingerprint density at radius 1 is 1.39 bits per heavy atom. The summed E-state index contributed by atoms with van der Waals surface area (Å²) in [6.45, 7) is 5.59. The van der Waals surface area contributed by atoms with Crippen LogP contribution in [0.4, 0.5) is 0 Å². The van der Waals surface area contributed by atoms with Crippen molar-refractivity contribution in [3.63, 3.8) is 0 Å². The van der Waals surface area contributed by atoms with Gasteiger partial charge in [0, 0.05) is 24.1 Å². The molecule has 0 saturated heterocycles. The summed E-state index contributed by atoms with van der Waals surface area (Å²) in [6, 6.07) is 6.29. The van der Waals surface area contributed by atoms with E-state index in [0.29, 0.717) is 6.42 Å². The van der Waals surface area contributed by atoms with Gasteiger partial charge in [0.25, 0.3) is 0 Å². The second-order valence-corrected chi connectivity index (χ2v) is 5.65. The number of carboxylic acids is 1. The monoisotopic (exact) mass is 245 g/mol. The molecule has 0 atom stereocenters. The molecule has 1 heterocycles. The topological polar surface area (TPSA) is 42.2 Å². The first-order chi connectivity index (χ1) is 8.31. The van der Waals surface area contributed by atoms with Crippen molar-refractivity contribution in [2.24, 2.45) is 12.5 Å². The summed E-state index contributed by atoms with van der Waals surface area (Å²) in [5, 5.41) is 10.4. The van der Waals surface area contributed by atoms with Crippen LogP contribution in [0.1, 0.15) is 25.0 Å². The van der Waals surface area contributed by atoms with Gasteiger partial charge in [-0.2, -0.15) is 0 Å². The molecule has 3 heteroatoms. The third kappa shape index (κ3) is 2.13. The van der Waals surface area contributed by atoms with Crippen LogP contribution in [0.15, 0.2) is 24.4 Å². The molecule has 0 amide bonds. The molecule has 2 aromatic rings. The van der Waals surface area contributed by atoms with Crippen LogP contribution in [-0.4, -0.2) is 15.6 Å². The maximum Gasteiger partial charge on any atom is 0.309 e. The normalized spacial score (nSPS) is 12.0. The fourth-order valence-electron chi connectivity index (χ4n) is 2.28. The lowest BCUT2D eigenvalue weighted by atomic mass is 9.86. The average molecular weight is 245 g/mol. The Kier molecular flexibility index (Phi) is 2.93. The number of aromatic nitrogens is 1. The van der Waals surface area contributed by atoms with Gasteiger partial charge in [0.05, 0.1) is 5.41 Å². The minimum absolute atomic E-state index is 0.545. The van der Waals surface area contributed by atoms with Crippen LogP contribution in [0.5, 0.6) is 0 Å². The Balaban J connectivity index is 2.52. The standard InChI is InChI=1S/C15H19NO2/c1-10-5-6-13-12(7-10)11(9-16(13)4)8-15(2,3)14(17)18/h5-7,9H,8H2,1-4H3,(H,17,18). The largest absolute Gasteiger partial charge is 0.481 e. The van der Waals surface area contributed by atoms with Gasteiger partial charge in [-0.3, -0.25) is 4.79 Å². The molecule has 3 nitrogen and oxygen atoms in total. The Hall–Kier alpha value is -1.77. The molecule has 18 heavy (non-hydrogen) atoms. The summed E-state index contributed by atoms with van der Waals surface area (Å²) >= 11 is 0. The van der Waals surface area contributed by atoms with E-state index in [0.717, 1.165) is 16.5 Å². The van der Waals surface area contributed by atoms with Gasteiger partial charge in [0.2, 0.25) is 0 Å². The Morgan fingerprint density at radius 2 is 2.06 bits per heavy atom. The molecule has 0 saturated carbocycles. The third-order valence-electron chi connectivity index (χ3n) is 3.44. The summed E-state index contributed by atoms with van der Waals surface area (Å²) in [6.07, 6.45) is 2.58. The minimum atomic E-state index is -0.757. The van der Waals surface area contributed by atoms with E-state index < -0.39 is 11.4 Å². The molecule has 0 aliphatic heterocycles. The fraction of sp³-hybridized carbons (Fsp3) is 0.400. The Bertz CT molecular complexity index is 608. The molecule has 1 N–H and O–H groups in total. The van der Waals surface area contributed by atoms with Gasteiger partial charge in [0.1, 0.15) is 0 Å². The van der Waals surface area contributed by atoms with E-state index in [1.165, 1.54) is 5.56 Å². The first kappa shape index (κ1) is 12.7. The number of aryl methyl sites for hydroxylation is 2. The number of hydrogen-bond donors (Lipinski definition) is 1. The number of aliphatic carboxylic acids is 1. The predicted octanol–water partition coefficient (Wildman–Crippen LogP) is 3.14. The van der Waals surface area contributed by atoms with E-state index in [1.54, 1.807) is 13.8 Å². The lowest BCUT2D eigenvalue weighted by molar-refractivity contribution is -0.146. The van der Waals surface area contributed by atoms with Gasteiger partial charge in [0.15, 0.2) is 0 Å². The highest BCUT2D eigenvalue weighted by atomic mass is 16.4. The highest BCUT2D eigenvalue weighted by Crippen LogP contribution is 2.29. The molecule has 0 unspecified atom stereocenters. The smallest absolute Gasteiger partial charge is 0.309 e. The number of fused-ring (bicyclic) bond motifs is 1. The molecule has 1 aromatic heterocycles. The molecular formula is C15H19NO2. The van der Waals surface area contributed by atoms with Crippen molar-refractivity contribution in [2.45, 2.75) is 27.2 Å². The zero-order valence-corrected chi connectivity index (χ0v) is 11.3. The first-order valence-corrected chi connectivity index (χ1v) is 6.09. The van der Waals surface area contributed by atoms with Crippen LogP contribution < -0.4 is 0 Å². The summed E-state index contributed by atoms with van der Waals surface area (Å²) in [5.74, 6) is -0.757. The predicted molar refractivity (Wildman–Crippen MR) is 72.8 cm³/mol. The van der Waals surface area contributed by atoms with Crippen LogP contribution >= 0.6 is 0 Å². The number of carbonyl (C=O) groups is 1. The molecule has 0 aliphatic rings. The molecule has 0 bridgehead atoms. The van der Waals surface area contributed by atoms with Gasteiger partial charge in [-0.15, -0.1) is 0 Å². The lowest BCUT2D eigenvalue weighted by Crippen LogP contribution is -2.26. The Morgan fingerprint density at radius 3 is 2.67 bits per heavy atom. The number of hydrogen-bond acceptors (Lipinski definition) is 1. The molecule has 1 aromatic carbocycles. The minimum Gasteiger partial charge on any atom is -0.481 e. The van der Waals surface area contributed by atoms with Crippen molar-refractivity contribution >= 4 is 16.9 Å². The molecule has 0 radical (unpaired) electrons. The van der Waals surface area contributed by atoms with Gasteiger partial charge in [-0.05, 0) is 44.9 Å². The second-order valence-electron chi connectivity index (χ2n) is 5.65. The van der Waals surface area contributed by atoms with Crippen molar-refractivity contribution in [3.05, 3.63) is 35.5 Å². The lowest BCUT2D eigenvalue weighted by Gasteiger charge is -2.18. The summed E-state index contributed by atoms with van der Waals surface area (Å²) in [4.78, 5) is 11.2. The van der Waals surface area contributed by atoms with Crippen LogP contribution in [0.25, 0.3) is 10.9 Å². The molecular weight excluding hydrogens is 226 g/mol. The average Bonchev–Trinajstić information content (AvgIpc) is 2.54. The quantitative estimate of drug-likeness (QED) is 0.902. The fourth-order valence-corrected chi connectivity index (χ4v) is 2.28. The number of carboxylic acid groups (broad SMARTS) is 1. The molecule has 0 fully saturated rings. The molecule has 2 rings (SSSR count). The molecule has 96 valence electrons. The van der Waals surface area contributed by atoms with Gasteiger partial charge in [-0.1, -0.05) is 11.6 Å². The summed E-state index contributed by atoms with van der Waals surface area (Å²) in [7, 11) is 1.99. The molecule has 0 aliphatic carbocycles. The van der Waals surface area contributed by atoms with Gasteiger partial charge in [-0.25, -0.2) is 0 Å².